The van der Waals surface area contributed by atoms with Gasteiger partial charge in [0.05, 0.1) is 19.8 Å². The van der Waals surface area contributed by atoms with E-state index in [-0.39, 0.29) is 0 Å². The molecule has 1 heterocycles. The maximum Gasteiger partial charge on any atom is 0.226 e. The lowest BCUT2D eigenvalue weighted by atomic mass is 9.92. The van der Waals surface area contributed by atoms with Crippen molar-refractivity contribution in [1.29, 1.82) is 0 Å². The standard InChI is InChI=1S/C17H17NO3/c1-20-15-10-13-8-9-18(19)17(12-6-4-3-5-7-12)14(13)11-16(15)21-2/h3-7,10-11H,8-9H2,1-2H3. The molecule has 3 rings (SSSR count). The summed E-state index contributed by atoms with van der Waals surface area (Å²) in [4.78, 5) is 0. The largest absolute Gasteiger partial charge is 0.623 e. The molecule has 1 aliphatic heterocycles. The lowest BCUT2D eigenvalue weighted by molar-refractivity contribution is -0.457. The topological polar surface area (TPSA) is 44.5 Å². The Hall–Kier alpha value is -2.49. The predicted octanol–water partition coefficient (Wildman–Crippen LogP) is 2.61. The summed E-state index contributed by atoms with van der Waals surface area (Å²) in [6, 6.07) is 13.6. The van der Waals surface area contributed by atoms with Gasteiger partial charge in [-0.15, -0.1) is 0 Å². The third-order valence-electron chi connectivity index (χ3n) is 3.75. The molecule has 1 aliphatic rings. The molecule has 0 radical (unpaired) electrons. The second-order valence-electron chi connectivity index (χ2n) is 4.93. The van der Waals surface area contributed by atoms with Gasteiger partial charge in [0.2, 0.25) is 5.71 Å². The second-order valence-corrected chi connectivity index (χ2v) is 4.93. The molecule has 0 saturated carbocycles. The molecule has 0 aromatic heterocycles. The minimum atomic E-state index is 0.451. The van der Waals surface area contributed by atoms with Crippen LogP contribution in [0.4, 0.5) is 0 Å². The number of hydrogen-bond donors (Lipinski definition) is 0. The molecular formula is C17H17NO3. The second kappa shape index (κ2) is 5.48. The Kier molecular flexibility index (Phi) is 3.52. The van der Waals surface area contributed by atoms with Gasteiger partial charge in [0.25, 0.3) is 0 Å². The van der Waals surface area contributed by atoms with Gasteiger partial charge in [-0.25, -0.2) is 4.74 Å². The predicted molar refractivity (Wildman–Crippen MR) is 81.4 cm³/mol. The van der Waals surface area contributed by atoms with Crippen molar-refractivity contribution in [2.24, 2.45) is 0 Å². The molecule has 21 heavy (non-hydrogen) atoms. The summed E-state index contributed by atoms with van der Waals surface area (Å²) in [6.45, 7) is 0.451. The van der Waals surface area contributed by atoms with E-state index in [0.717, 1.165) is 21.4 Å². The number of nitrogens with zero attached hydrogens (tertiary/aromatic N) is 1. The first-order valence-corrected chi connectivity index (χ1v) is 6.87. The lowest BCUT2D eigenvalue weighted by Gasteiger charge is -2.21. The zero-order valence-electron chi connectivity index (χ0n) is 12.1. The highest BCUT2D eigenvalue weighted by Crippen LogP contribution is 2.33. The first kappa shape index (κ1) is 13.5. The highest BCUT2D eigenvalue weighted by Gasteiger charge is 2.26. The fraction of sp³-hybridized carbons (Fsp3) is 0.235. The van der Waals surface area contributed by atoms with Crippen LogP contribution in [0.25, 0.3) is 0 Å². The summed E-state index contributed by atoms with van der Waals surface area (Å²) < 4.78 is 11.8. The molecule has 0 spiro atoms. The van der Waals surface area contributed by atoms with E-state index in [4.69, 9.17) is 9.47 Å². The van der Waals surface area contributed by atoms with Crippen LogP contribution in [0.2, 0.25) is 0 Å². The minimum Gasteiger partial charge on any atom is -0.623 e. The number of methoxy groups -OCH3 is 2. The Morgan fingerprint density at radius 1 is 1.00 bits per heavy atom. The van der Waals surface area contributed by atoms with Crippen molar-refractivity contribution in [3.8, 4) is 11.5 Å². The van der Waals surface area contributed by atoms with Crippen LogP contribution in [0.3, 0.4) is 0 Å². The summed E-state index contributed by atoms with van der Waals surface area (Å²) in [5, 5.41) is 12.3. The first-order chi connectivity index (χ1) is 10.2. The van der Waals surface area contributed by atoms with E-state index in [0.29, 0.717) is 30.2 Å². The molecule has 0 saturated heterocycles. The molecular weight excluding hydrogens is 266 g/mol. The average Bonchev–Trinajstić information content (AvgIpc) is 2.54. The van der Waals surface area contributed by atoms with Crippen LogP contribution in [-0.2, 0) is 6.42 Å². The Balaban J connectivity index is 2.20. The van der Waals surface area contributed by atoms with E-state index >= 15 is 0 Å². The Bertz CT molecular complexity index is 693. The molecule has 4 heteroatoms. The molecule has 108 valence electrons. The summed E-state index contributed by atoms with van der Waals surface area (Å²) >= 11 is 0. The third kappa shape index (κ3) is 2.33. The molecule has 0 N–H and O–H groups in total. The number of rotatable bonds is 3. The molecule has 2 aromatic rings. The molecule has 0 fully saturated rings. The number of fused-ring (bicyclic) bond motifs is 1. The van der Waals surface area contributed by atoms with E-state index < -0.39 is 0 Å². The van der Waals surface area contributed by atoms with E-state index in [9.17, 15) is 5.21 Å². The van der Waals surface area contributed by atoms with Crippen molar-refractivity contribution in [3.63, 3.8) is 0 Å². The van der Waals surface area contributed by atoms with Crippen LogP contribution in [0, 0.1) is 5.21 Å². The normalized spacial score (nSPS) is 13.8. The van der Waals surface area contributed by atoms with Crippen molar-refractivity contribution in [2.45, 2.75) is 6.42 Å². The van der Waals surface area contributed by atoms with E-state index in [1.807, 2.05) is 42.5 Å². The maximum atomic E-state index is 12.3. The zero-order chi connectivity index (χ0) is 14.8. The number of ether oxygens (including phenoxy) is 2. The van der Waals surface area contributed by atoms with Crippen LogP contribution >= 0.6 is 0 Å². The van der Waals surface area contributed by atoms with Crippen LogP contribution in [-0.4, -0.2) is 31.2 Å². The molecule has 4 nitrogen and oxygen atoms in total. The van der Waals surface area contributed by atoms with Crippen molar-refractivity contribution in [3.05, 3.63) is 64.4 Å². The van der Waals surface area contributed by atoms with Gasteiger partial charge in [-0.2, -0.15) is 0 Å². The van der Waals surface area contributed by atoms with Crippen molar-refractivity contribution in [2.75, 3.05) is 20.8 Å². The summed E-state index contributed by atoms with van der Waals surface area (Å²) in [5.74, 6) is 1.34. The van der Waals surface area contributed by atoms with Crippen LogP contribution < -0.4 is 9.47 Å². The smallest absolute Gasteiger partial charge is 0.226 e. The molecule has 0 unspecified atom stereocenters. The molecule has 0 amide bonds. The highest BCUT2D eigenvalue weighted by molar-refractivity contribution is 6.11. The van der Waals surface area contributed by atoms with Crippen molar-refractivity contribution in [1.82, 2.24) is 0 Å². The van der Waals surface area contributed by atoms with Crippen LogP contribution in [0.5, 0.6) is 11.5 Å². The Labute approximate surface area is 123 Å². The van der Waals surface area contributed by atoms with E-state index in [1.54, 1.807) is 14.2 Å². The summed E-state index contributed by atoms with van der Waals surface area (Å²) in [7, 11) is 3.22. The SMILES string of the molecule is COc1cc2c(cc1OC)C(c1ccccc1)=[N+]([O-])CC2. The van der Waals surface area contributed by atoms with Gasteiger partial charge in [-0.05, 0) is 29.8 Å². The maximum absolute atomic E-state index is 12.3. The minimum absolute atomic E-state index is 0.451. The van der Waals surface area contributed by atoms with Gasteiger partial charge in [-0.1, -0.05) is 18.2 Å². The zero-order valence-corrected chi connectivity index (χ0v) is 12.1. The fourth-order valence-electron chi connectivity index (χ4n) is 2.71. The third-order valence-corrected chi connectivity index (χ3v) is 3.75. The van der Waals surface area contributed by atoms with Crippen molar-refractivity contribution >= 4 is 5.71 Å². The van der Waals surface area contributed by atoms with E-state index in [1.165, 1.54) is 0 Å². The van der Waals surface area contributed by atoms with Gasteiger partial charge in [-0.3, -0.25) is 0 Å². The summed E-state index contributed by atoms with van der Waals surface area (Å²) in [5.41, 5.74) is 3.64. The van der Waals surface area contributed by atoms with Crippen molar-refractivity contribution < 1.29 is 14.2 Å². The molecule has 0 atom stereocenters. The van der Waals surface area contributed by atoms with Gasteiger partial charge in [0, 0.05) is 12.0 Å². The van der Waals surface area contributed by atoms with E-state index in [2.05, 4.69) is 0 Å². The number of hydrogen-bond acceptors (Lipinski definition) is 3. The van der Waals surface area contributed by atoms with Crippen LogP contribution in [0.15, 0.2) is 42.5 Å². The monoisotopic (exact) mass is 283 g/mol. The van der Waals surface area contributed by atoms with Gasteiger partial charge in [0.1, 0.15) is 0 Å². The molecule has 0 aliphatic carbocycles. The average molecular weight is 283 g/mol. The first-order valence-electron chi connectivity index (χ1n) is 6.87. The van der Waals surface area contributed by atoms with Crippen LogP contribution in [0.1, 0.15) is 16.7 Å². The number of hydroxylamine groups is 1. The summed E-state index contributed by atoms with van der Waals surface area (Å²) in [6.07, 6.45) is 0.704. The molecule has 2 aromatic carbocycles. The quantitative estimate of drug-likeness (QED) is 0.642. The van der Waals surface area contributed by atoms with Gasteiger partial charge >= 0.3 is 0 Å². The van der Waals surface area contributed by atoms with Gasteiger partial charge < -0.3 is 14.7 Å². The van der Waals surface area contributed by atoms with Gasteiger partial charge in [0.15, 0.2) is 18.0 Å². The Morgan fingerprint density at radius 2 is 1.67 bits per heavy atom. The Morgan fingerprint density at radius 3 is 2.33 bits per heavy atom. The number of benzene rings is 2. The highest BCUT2D eigenvalue weighted by atomic mass is 16.5. The fourth-order valence-corrected chi connectivity index (χ4v) is 2.71. The lowest BCUT2D eigenvalue weighted by Crippen LogP contribution is -2.27. The molecule has 0 bridgehead atoms.